The Balaban J connectivity index is 1.84. The lowest BCUT2D eigenvalue weighted by molar-refractivity contribution is -0.123. The highest BCUT2D eigenvalue weighted by molar-refractivity contribution is 7.10. The molecule has 18 heavy (non-hydrogen) atoms. The monoisotopic (exact) mass is 266 g/mol. The van der Waals surface area contributed by atoms with Crippen molar-refractivity contribution >= 4 is 17.2 Å². The third kappa shape index (κ3) is 3.33. The molecule has 1 aromatic rings. The summed E-state index contributed by atoms with van der Waals surface area (Å²) in [6.45, 7) is 3.02. The fourth-order valence-electron chi connectivity index (χ4n) is 2.59. The largest absolute Gasteiger partial charge is 0.354 e. The van der Waals surface area contributed by atoms with Crippen LogP contribution in [0.1, 0.15) is 49.9 Å². The molecule has 1 amide bonds. The van der Waals surface area contributed by atoms with Crippen molar-refractivity contribution in [3.8, 4) is 0 Å². The lowest BCUT2D eigenvalue weighted by atomic mass is 9.76. The zero-order chi connectivity index (χ0) is 13.0. The maximum atomic E-state index is 12.0. The van der Waals surface area contributed by atoms with Crippen LogP contribution in [0.4, 0.5) is 0 Å². The molecule has 0 saturated heterocycles. The fourth-order valence-corrected chi connectivity index (χ4v) is 3.32. The van der Waals surface area contributed by atoms with Gasteiger partial charge in [0.1, 0.15) is 6.04 Å². The zero-order valence-electron chi connectivity index (χ0n) is 10.9. The summed E-state index contributed by atoms with van der Waals surface area (Å²) < 4.78 is 0. The molecule has 2 rings (SSSR count). The molecule has 1 unspecified atom stereocenters. The van der Waals surface area contributed by atoms with Gasteiger partial charge in [-0.1, -0.05) is 32.3 Å². The van der Waals surface area contributed by atoms with Crippen molar-refractivity contribution in [2.75, 3.05) is 6.54 Å². The Bertz CT molecular complexity index is 383. The van der Waals surface area contributed by atoms with Gasteiger partial charge in [0.25, 0.3) is 0 Å². The van der Waals surface area contributed by atoms with Crippen molar-refractivity contribution < 1.29 is 4.79 Å². The average molecular weight is 266 g/mol. The van der Waals surface area contributed by atoms with Crippen LogP contribution in [-0.4, -0.2) is 12.5 Å². The van der Waals surface area contributed by atoms with Gasteiger partial charge < -0.3 is 11.1 Å². The van der Waals surface area contributed by atoms with E-state index in [1.165, 1.54) is 43.4 Å². The van der Waals surface area contributed by atoms with Gasteiger partial charge >= 0.3 is 0 Å². The molecule has 1 fully saturated rings. The number of hydrogen-bond donors (Lipinski definition) is 2. The number of nitrogens with one attached hydrogen (secondary N) is 1. The van der Waals surface area contributed by atoms with Crippen LogP contribution in [0, 0.1) is 5.41 Å². The van der Waals surface area contributed by atoms with Crippen molar-refractivity contribution in [1.29, 1.82) is 0 Å². The van der Waals surface area contributed by atoms with E-state index in [0.717, 1.165) is 11.4 Å². The third-order valence-corrected chi connectivity index (χ3v) is 4.84. The topological polar surface area (TPSA) is 55.1 Å². The van der Waals surface area contributed by atoms with Gasteiger partial charge in [0.15, 0.2) is 0 Å². The Labute approximate surface area is 113 Å². The predicted octanol–water partition coefficient (Wildman–Crippen LogP) is 2.83. The van der Waals surface area contributed by atoms with E-state index < -0.39 is 6.04 Å². The summed E-state index contributed by atoms with van der Waals surface area (Å²) in [6, 6.07) is 3.32. The first-order chi connectivity index (χ1) is 8.61. The second-order valence-corrected chi connectivity index (χ2v) is 6.56. The molecule has 1 aliphatic carbocycles. The van der Waals surface area contributed by atoms with E-state index in [1.807, 2.05) is 17.5 Å². The minimum Gasteiger partial charge on any atom is -0.354 e. The van der Waals surface area contributed by atoms with Crippen LogP contribution in [0.5, 0.6) is 0 Å². The average Bonchev–Trinajstić information content (AvgIpc) is 2.90. The highest BCUT2D eigenvalue weighted by Gasteiger charge is 2.28. The van der Waals surface area contributed by atoms with Crippen molar-refractivity contribution in [2.24, 2.45) is 11.1 Å². The Morgan fingerprint density at radius 1 is 1.50 bits per heavy atom. The van der Waals surface area contributed by atoms with Gasteiger partial charge in [0.2, 0.25) is 5.91 Å². The lowest BCUT2D eigenvalue weighted by Crippen LogP contribution is -2.41. The van der Waals surface area contributed by atoms with Crippen LogP contribution < -0.4 is 11.1 Å². The van der Waals surface area contributed by atoms with E-state index in [0.29, 0.717) is 0 Å². The normalized spacial score (nSPS) is 20.3. The lowest BCUT2D eigenvalue weighted by Gasteiger charge is -2.33. The molecular weight excluding hydrogens is 244 g/mol. The molecule has 0 aromatic carbocycles. The number of amides is 1. The van der Waals surface area contributed by atoms with E-state index in [1.54, 1.807) is 0 Å². The summed E-state index contributed by atoms with van der Waals surface area (Å²) in [5.74, 6) is -0.0516. The smallest absolute Gasteiger partial charge is 0.242 e. The molecule has 0 radical (unpaired) electrons. The second kappa shape index (κ2) is 5.85. The van der Waals surface area contributed by atoms with E-state index in [9.17, 15) is 4.79 Å². The first-order valence-electron chi connectivity index (χ1n) is 6.67. The molecule has 1 atom stereocenters. The molecule has 1 aliphatic rings. The van der Waals surface area contributed by atoms with Gasteiger partial charge in [0, 0.05) is 11.4 Å². The van der Waals surface area contributed by atoms with Gasteiger partial charge in [-0.3, -0.25) is 4.79 Å². The Morgan fingerprint density at radius 3 is 2.83 bits per heavy atom. The highest BCUT2D eigenvalue weighted by atomic mass is 32.1. The quantitative estimate of drug-likeness (QED) is 0.880. The number of thiophene rings is 1. The summed E-state index contributed by atoms with van der Waals surface area (Å²) in [4.78, 5) is 12.9. The van der Waals surface area contributed by atoms with Crippen molar-refractivity contribution in [1.82, 2.24) is 5.32 Å². The van der Waals surface area contributed by atoms with Crippen molar-refractivity contribution in [2.45, 2.75) is 45.1 Å². The molecular formula is C14H22N2OS. The maximum absolute atomic E-state index is 12.0. The summed E-state index contributed by atoms with van der Waals surface area (Å²) >= 11 is 1.53. The maximum Gasteiger partial charge on any atom is 0.242 e. The molecule has 1 heterocycles. The highest BCUT2D eigenvalue weighted by Crippen LogP contribution is 2.35. The minimum atomic E-state index is -0.516. The predicted molar refractivity (Wildman–Crippen MR) is 75.4 cm³/mol. The summed E-state index contributed by atoms with van der Waals surface area (Å²) in [5, 5.41) is 4.97. The van der Waals surface area contributed by atoms with Crippen molar-refractivity contribution in [3.63, 3.8) is 0 Å². The number of carbonyl (C=O) groups excluding carboxylic acids is 1. The van der Waals surface area contributed by atoms with E-state index in [-0.39, 0.29) is 11.3 Å². The molecule has 1 aromatic heterocycles. The van der Waals surface area contributed by atoms with Gasteiger partial charge in [0.05, 0.1) is 0 Å². The number of nitrogens with two attached hydrogens (primary N) is 1. The molecule has 3 nitrogen and oxygen atoms in total. The van der Waals surface area contributed by atoms with Crippen LogP contribution in [0.15, 0.2) is 17.5 Å². The standard InChI is InChI=1S/C14H22N2OS/c1-14(7-3-2-4-8-14)10-16-13(17)12(15)11-6-5-9-18-11/h5-6,9,12H,2-4,7-8,10,15H2,1H3,(H,16,17). The molecule has 3 N–H and O–H groups in total. The fraction of sp³-hybridized carbons (Fsp3) is 0.643. The first kappa shape index (κ1) is 13.6. The van der Waals surface area contributed by atoms with Crippen LogP contribution in [-0.2, 0) is 4.79 Å². The SMILES string of the molecule is CC1(CNC(=O)C(N)c2cccs2)CCCCC1. The van der Waals surface area contributed by atoms with Crippen LogP contribution in [0.3, 0.4) is 0 Å². The summed E-state index contributed by atoms with van der Waals surface area (Å²) in [5.41, 5.74) is 6.21. The van der Waals surface area contributed by atoms with Gasteiger partial charge in [-0.15, -0.1) is 11.3 Å². The second-order valence-electron chi connectivity index (χ2n) is 5.58. The van der Waals surface area contributed by atoms with Gasteiger partial charge in [-0.25, -0.2) is 0 Å². The summed E-state index contributed by atoms with van der Waals surface area (Å²) in [6.07, 6.45) is 6.31. The molecule has 4 heteroatoms. The van der Waals surface area contributed by atoms with Crippen molar-refractivity contribution in [3.05, 3.63) is 22.4 Å². The number of carbonyl (C=O) groups is 1. The first-order valence-corrected chi connectivity index (χ1v) is 7.55. The molecule has 1 saturated carbocycles. The van der Waals surface area contributed by atoms with E-state index >= 15 is 0 Å². The molecule has 0 bridgehead atoms. The minimum absolute atomic E-state index is 0.0516. The number of hydrogen-bond acceptors (Lipinski definition) is 3. The summed E-state index contributed by atoms with van der Waals surface area (Å²) in [7, 11) is 0. The zero-order valence-corrected chi connectivity index (χ0v) is 11.8. The Hall–Kier alpha value is -0.870. The Morgan fingerprint density at radius 2 is 2.22 bits per heavy atom. The molecule has 100 valence electrons. The van der Waals surface area contributed by atoms with E-state index in [2.05, 4.69) is 12.2 Å². The van der Waals surface area contributed by atoms with Crippen LogP contribution in [0.2, 0.25) is 0 Å². The van der Waals surface area contributed by atoms with Crippen LogP contribution in [0.25, 0.3) is 0 Å². The third-order valence-electron chi connectivity index (χ3n) is 3.88. The number of rotatable bonds is 4. The van der Waals surface area contributed by atoms with Gasteiger partial charge in [-0.05, 0) is 29.7 Å². The Kier molecular flexibility index (Phi) is 4.40. The molecule has 0 spiro atoms. The van der Waals surface area contributed by atoms with E-state index in [4.69, 9.17) is 5.73 Å². The molecule has 0 aliphatic heterocycles. The van der Waals surface area contributed by atoms with Crippen LogP contribution >= 0.6 is 11.3 Å². The van der Waals surface area contributed by atoms with Gasteiger partial charge in [-0.2, -0.15) is 0 Å².